The number of ether oxygens (including phenoxy) is 2. The van der Waals surface area contributed by atoms with Gasteiger partial charge in [0.15, 0.2) is 0 Å². The number of hydrogen-bond acceptors (Lipinski definition) is 7. The molecule has 2 fully saturated rings. The van der Waals surface area contributed by atoms with Crippen LogP contribution in [0.1, 0.15) is 126 Å². The smallest absolute Gasteiger partial charge is 0.309 e. The maximum Gasteiger partial charge on any atom is 0.309 e. The van der Waals surface area contributed by atoms with Crippen LogP contribution < -0.4 is 0 Å². The van der Waals surface area contributed by atoms with Gasteiger partial charge in [-0.25, -0.2) is 0 Å². The molecule has 4 aliphatic carbocycles. The third-order valence-corrected chi connectivity index (χ3v) is 13.3. The number of fused-ring (bicyclic) bond motifs is 4. The van der Waals surface area contributed by atoms with Crippen LogP contribution in [-0.2, 0) is 19.1 Å². The van der Waals surface area contributed by atoms with Gasteiger partial charge >= 0.3 is 11.9 Å². The number of carbonyl (C=O) groups excluding carboxylic acids is 2. The molecule has 0 unspecified atom stereocenters. The summed E-state index contributed by atoms with van der Waals surface area (Å²) in [5, 5.41) is 33.0. The number of carbonyl (C=O) groups is 2. The average molecular weight is 617 g/mol. The van der Waals surface area contributed by atoms with Crippen molar-refractivity contribution < 1.29 is 34.4 Å². The fourth-order valence-corrected chi connectivity index (χ4v) is 10.6. The average Bonchev–Trinajstić information content (AvgIpc) is 3.13. The molecule has 0 heterocycles. The van der Waals surface area contributed by atoms with Gasteiger partial charge < -0.3 is 24.8 Å². The molecular weight excluding hydrogens is 556 g/mol. The monoisotopic (exact) mass is 616 g/mol. The lowest BCUT2D eigenvalue weighted by atomic mass is 9.43. The number of aliphatic hydroxyl groups excluding tert-OH is 2. The van der Waals surface area contributed by atoms with Crippen molar-refractivity contribution in [2.45, 2.75) is 144 Å². The second-order valence-electron chi connectivity index (χ2n) is 16.5. The van der Waals surface area contributed by atoms with Crippen LogP contribution in [0.25, 0.3) is 0 Å². The molecule has 0 aliphatic heterocycles. The van der Waals surface area contributed by atoms with Gasteiger partial charge in [-0.1, -0.05) is 57.4 Å². The maximum atomic E-state index is 13.0. The Morgan fingerprint density at radius 3 is 2.30 bits per heavy atom. The molecule has 0 bridgehead atoms. The number of hydrogen-bond donors (Lipinski definition) is 3. The van der Waals surface area contributed by atoms with Crippen molar-refractivity contribution in [1.29, 1.82) is 0 Å². The van der Waals surface area contributed by atoms with E-state index in [2.05, 4.69) is 59.3 Å². The number of esters is 2. The van der Waals surface area contributed by atoms with Gasteiger partial charge in [-0.05, 0) is 107 Å². The Bertz CT molecular complexity index is 1160. The summed E-state index contributed by atoms with van der Waals surface area (Å²) < 4.78 is 10.7. The Morgan fingerprint density at radius 1 is 1.02 bits per heavy atom. The minimum absolute atomic E-state index is 0.0433. The predicted octanol–water partition coefficient (Wildman–Crippen LogP) is 6.68. The Hall–Kier alpha value is -1.70. The Balaban J connectivity index is 1.57. The summed E-state index contributed by atoms with van der Waals surface area (Å²) in [6.07, 6.45) is 9.27. The normalized spacial score (nSPS) is 38.0. The zero-order valence-electron chi connectivity index (χ0n) is 28.9. The molecule has 0 aromatic heterocycles. The Labute approximate surface area is 265 Å². The molecule has 0 aromatic rings. The van der Waals surface area contributed by atoms with Crippen LogP contribution in [0.3, 0.4) is 0 Å². The van der Waals surface area contributed by atoms with E-state index in [0.29, 0.717) is 5.92 Å². The van der Waals surface area contributed by atoms with E-state index in [-0.39, 0.29) is 59.0 Å². The lowest BCUT2D eigenvalue weighted by Crippen LogP contribution is -2.57. The van der Waals surface area contributed by atoms with Gasteiger partial charge in [0.05, 0.1) is 31.7 Å². The standard InChI is InChI=1S/C37H60O7/c1-23(2)11-10-12-24(22-38)27-19-29(39)37(8)26-13-14-28-33(3,4)30(44-32(41)21-34(5,42)20-31(40)43-9)16-17-35(28,6)25(26)15-18-36(27,37)7/h11,24,27-30,38-39,42H,10,12-22H2,1-9H3/t24-,27+,28-,29-,30+,34-,35+,36+,37+/m0/s1. The molecule has 0 radical (unpaired) electrons. The van der Waals surface area contributed by atoms with Gasteiger partial charge in [-0.2, -0.15) is 0 Å². The van der Waals surface area contributed by atoms with E-state index >= 15 is 0 Å². The number of rotatable bonds is 10. The first-order valence-electron chi connectivity index (χ1n) is 17.0. The van der Waals surface area contributed by atoms with Gasteiger partial charge in [-0.15, -0.1) is 0 Å². The van der Waals surface area contributed by atoms with Crippen molar-refractivity contribution in [3.8, 4) is 0 Å². The molecule has 2 saturated carbocycles. The summed E-state index contributed by atoms with van der Waals surface area (Å²) in [5.74, 6) is -0.276. The number of aliphatic hydroxyl groups is 3. The summed E-state index contributed by atoms with van der Waals surface area (Å²) in [7, 11) is 1.27. The van der Waals surface area contributed by atoms with Crippen molar-refractivity contribution in [3.05, 3.63) is 22.8 Å². The van der Waals surface area contributed by atoms with Gasteiger partial charge in [0.25, 0.3) is 0 Å². The van der Waals surface area contributed by atoms with Crippen LogP contribution in [-0.4, -0.2) is 58.8 Å². The van der Waals surface area contributed by atoms with E-state index in [4.69, 9.17) is 4.74 Å². The topological polar surface area (TPSA) is 113 Å². The molecule has 7 nitrogen and oxygen atoms in total. The lowest BCUT2D eigenvalue weighted by molar-refractivity contribution is -0.175. The third-order valence-electron chi connectivity index (χ3n) is 13.3. The molecule has 250 valence electrons. The quantitative estimate of drug-likeness (QED) is 0.185. The first kappa shape index (κ1) is 35.2. The zero-order valence-corrected chi connectivity index (χ0v) is 28.9. The number of allylic oxidation sites excluding steroid dienone is 3. The number of methoxy groups -OCH3 is 1. The predicted molar refractivity (Wildman–Crippen MR) is 171 cm³/mol. The van der Waals surface area contributed by atoms with Crippen LogP contribution in [0.5, 0.6) is 0 Å². The van der Waals surface area contributed by atoms with E-state index in [9.17, 15) is 24.9 Å². The molecule has 4 rings (SSSR count). The molecule has 4 aliphatic rings. The van der Waals surface area contributed by atoms with E-state index in [1.165, 1.54) is 30.8 Å². The van der Waals surface area contributed by atoms with Gasteiger partial charge in [0.2, 0.25) is 0 Å². The van der Waals surface area contributed by atoms with Crippen molar-refractivity contribution in [3.63, 3.8) is 0 Å². The van der Waals surface area contributed by atoms with Crippen LogP contribution in [0, 0.1) is 39.4 Å². The van der Waals surface area contributed by atoms with Crippen LogP contribution in [0.15, 0.2) is 22.8 Å². The van der Waals surface area contributed by atoms with Crippen molar-refractivity contribution in [1.82, 2.24) is 0 Å². The van der Waals surface area contributed by atoms with E-state index < -0.39 is 23.6 Å². The largest absolute Gasteiger partial charge is 0.469 e. The summed E-state index contributed by atoms with van der Waals surface area (Å²) in [5.41, 5.74) is 2.06. The van der Waals surface area contributed by atoms with E-state index in [0.717, 1.165) is 57.8 Å². The minimum atomic E-state index is -1.52. The fourth-order valence-electron chi connectivity index (χ4n) is 10.6. The highest BCUT2D eigenvalue weighted by molar-refractivity contribution is 5.75. The first-order chi connectivity index (χ1) is 20.4. The lowest BCUT2D eigenvalue weighted by Gasteiger charge is -2.62. The van der Waals surface area contributed by atoms with E-state index in [1.54, 1.807) is 0 Å². The Kier molecular flexibility index (Phi) is 9.98. The molecule has 0 amide bonds. The summed E-state index contributed by atoms with van der Waals surface area (Å²) in [4.78, 5) is 24.7. The molecule has 7 heteroatoms. The SMILES string of the molecule is COC(=O)C[C@](C)(O)CC(=O)O[C@@H]1CC[C@]2(C)C3=C(CC[C@H]2C1(C)C)[C@]1(C)[C@@H](O)C[C@H]([C@H](CO)CCC=C(C)C)[C@@]1(C)CC3. The molecule has 0 aromatic carbocycles. The fraction of sp³-hybridized carbons (Fsp3) is 0.838. The van der Waals surface area contributed by atoms with Crippen LogP contribution in [0.4, 0.5) is 0 Å². The van der Waals surface area contributed by atoms with Gasteiger partial charge in [0, 0.05) is 17.4 Å². The molecular formula is C37H60O7. The van der Waals surface area contributed by atoms with Crippen molar-refractivity contribution >= 4 is 11.9 Å². The highest BCUT2D eigenvalue weighted by Crippen LogP contribution is 2.72. The summed E-state index contributed by atoms with van der Waals surface area (Å²) in [6.45, 7) is 17.4. The van der Waals surface area contributed by atoms with Crippen molar-refractivity contribution in [2.75, 3.05) is 13.7 Å². The van der Waals surface area contributed by atoms with Crippen molar-refractivity contribution in [2.24, 2.45) is 39.4 Å². The molecule has 0 saturated heterocycles. The van der Waals surface area contributed by atoms with Gasteiger partial charge in [-0.3, -0.25) is 9.59 Å². The summed E-state index contributed by atoms with van der Waals surface area (Å²) >= 11 is 0. The minimum Gasteiger partial charge on any atom is -0.469 e. The molecule has 0 spiro atoms. The molecule has 44 heavy (non-hydrogen) atoms. The maximum absolute atomic E-state index is 13.0. The highest BCUT2D eigenvalue weighted by Gasteiger charge is 2.67. The first-order valence-corrected chi connectivity index (χ1v) is 17.0. The molecule has 9 atom stereocenters. The van der Waals surface area contributed by atoms with Crippen LogP contribution in [0.2, 0.25) is 0 Å². The summed E-state index contributed by atoms with van der Waals surface area (Å²) in [6, 6.07) is 0. The Morgan fingerprint density at radius 2 is 1.68 bits per heavy atom. The highest BCUT2D eigenvalue weighted by atomic mass is 16.5. The van der Waals surface area contributed by atoms with Crippen LogP contribution >= 0.6 is 0 Å². The van der Waals surface area contributed by atoms with Gasteiger partial charge in [0.1, 0.15) is 6.10 Å². The zero-order chi connectivity index (χ0) is 32.9. The second-order valence-corrected chi connectivity index (χ2v) is 16.5. The molecule has 3 N–H and O–H groups in total. The second kappa shape index (κ2) is 12.5. The third kappa shape index (κ3) is 5.95. The van der Waals surface area contributed by atoms with E-state index in [1.807, 2.05) is 0 Å².